The molecule has 4 nitrogen and oxygen atoms in total. The molecule has 0 spiro atoms. The maximum Gasteiger partial charge on any atom is 0.266 e. The minimum Gasteiger partial charge on any atom is -0.471 e. The monoisotopic (exact) mass is 556 g/mol. The van der Waals surface area contributed by atoms with Gasteiger partial charge in [-0.05, 0) is 12.3 Å². The maximum atomic E-state index is 7.78. The summed E-state index contributed by atoms with van der Waals surface area (Å²) >= 11 is 36.9. The third-order valence-electron chi connectivity index (χ3n) is 2.91. The van der Waals surface area contributed by atoms with Gasteiger partial charge in [0, 0.05) is 4.43 Å². The van der Waals surface area contributed by atoms with E-state index in [0.717, 1.165) is 0 Å². The van der Waals surface area contributed by atoms with Crippen LogP contribution < -0.4 is 0 Å². The highest BCUT2D eigenvalue weighted by Crippen LogP contribution is 2.36. The average Bonchev–Trinajstić information content (AvgIpc) is 2.37. The van der Waals surface area contributed by atoms with E-state index in [-0.39, 0.29) is 11.8 Å². The van der Waals surface area contributed by atoms with Crippen molar-refractivity contribution < 1.29 is 9.47 Å². The van der Waals surface area contributed by atoms with Crippen molar-refractivity contribution in [3.8, 4) is 0 Å². The van der Waals surface area contributed by atoms with Crippen LogP contribution in [0.3, 0.4) is 0 Å². The van der Waals surface area contributed by atoms with Gasteiger partial charge in [-0.2, -0.15) is 0 Å². The third-order valence-corrected chi connectivity index (χ3v) is 4.81. The van der Waals surface area contributed by atoms with Gasteiger partial charge in [0.05, 0.1) is 0 Å². The van der Waals surface area contributed by atoms with E-state index in [4.69, 9.17) is 84.5 Å². The second-order valence-corrected chi connectivity index (χ2v) is 10.8. The molecule has 1 aliphatic heterocycles. The molecule has 0 aromatic rings. The molecule has 0 aromatic carbocycles. The summed E-state index contributed by atoms with van der Waals surface area (Å²) in [6, 6.07) is -0.397. The summed E-state index contributed by atoms with van der Waals surface area (Å²) in [6.45, 7) is 4.03. The van der Waals surface area contributed by atoms with Crippen LogP contribution in [0.15, 0.2) is 4.99 Å². The van der Waals surface area contributed by atoms with E-state index < -0.39 is 31.7 Å². The molecule has 1 N–H and O–H groups in total. The fourth-order valence-corrected chi connectivity index (χ4v) is 3.09. The van der Waals surface area contributed by atoms with Crippen LogP contribution in [0.25, 0.3) is 0 Å². The Labute approximate surface area is 179 Å². The lowest BCUT2D eigenvalue weighted by molar-refractivity contribution is -0.00176. The smallest absolute Gasteiger partial charge is 0.266 e. The molecule has 134 valence electrons. The van der Waals surface area contributed by atoms with Gasteiger partial charge in [-0.3, -0.25) is 5.41 Å². The number of hydrogen-bond donors (Lipinski definition) is 1. The highest BCUT2D eigenvalue weighted by Gasteiger charge is 2.45. The van der Waals surface area contributed by atoms with Crippen molar-refractivity contribution in [2.45, 2.75) is 46.1 Å². The largest absolute Gasteiger partial charge is 0.471 e. The lowest BCUT2D eigenvalue weighted by Gasteiger charge is -2.38. The van der Waals surface area contributed by atoms with Gasteiger partial charge in [0.15, 0.2) is 6.10 Å². The van der Waals surface area contributed by atoms with Crippen molar-refractivity contribution in [2.24, 2.45) is 10.9 Å². The normalized spacial score (nSPS) is 25.8. The number of rotatable bonds is 4. The highest BCUT2D eigenvalue weighted by molar-refractivity contribution is 14.1. The van der Waals surface area contributed by atoms with E-state index in [1.165, 1.54) is 0 Å². The van der Waals surface area contributed by atoms with Crippen molar-refractivity contribution in [2.75, 3.05) is 4.43 Å². The molecule has 0 aliphatic carbocycles. The first-order valence-corrected chi connectivity index (χ1v) is 10.4. The van der Waals surface area contributed by atoms with Crippen molar-refractivity contribution in [1.29, 1.82) is 5.41 Å². The molecule has 1 heterocycles. The van der Waals surface area contributed by atoms with E-state index in [1.54, 1.807) is 0 Å². The Bertz CT molecular complexity index is 463. The molecule has 0 bridgehead atoms. The zero-order chi connectivity index (χ0) is 18.0. The van der Waals surface area contributed by atoms with Crippen molar-refractivity contribution >= 4 is 104 Å². The minimum atomic E-state index is -1.96. The van der Waals surface area contributed by atoms with Crippen molar-refractivity contribution in [1.82, 2.24) is 0 Å². The number of nitrogens with one attached hydrogen (secondary N) is 1. The summed E-state index contributed by atoms with van der Waals surface area (Å²) in [7, 11) is 0. The third kappa shape index (κ3) is 6.91. The summed E-state index contributed by atoms with van der Waals surface area (Å²) < 4.78 is 8.10. The first-order valence-electron chi connectivity index (χ1n) is 6.56. The molecule has 0 aromatic heterocycles. The Kier molecular flexibility index (Phi) is 8.66. The van der Waals surface area contributed by atoms with Crippen molar-refractivity contribution in [3.05, 3.63) is 0 Å². The molecular weight excluding hydrogens is 544 g/mol. The fraction of sp³-hybridized carbons (Fsp3) is 0.833. The molecule has 0 saturated heterocycles. The Morgan fingerprint density at radius 1 is 1.30 bits per heavy atom. The minimum absolute atomic E-state index is 0.00933. The topological polar surface area (TPSA) is 54.7 Å². The van der Waals surface area contributed by atoms with Gasteiger partial charge in [0.1, 0.15) is 12.1 Å². The molecule has 0 amide bonds. The standard InChI is InChI=1S/C12H15Cl6IN2O2/c1-5(2)3-7-8(23-9(20)11(13,14)15)6(4-19)21-10(22-7)12(16,17)18/h5-8,20H,3-4H2,1-2H3/t6-,7-,8+/m0/s1. The predicted octanol–water partition coefficient (Wildman–Crippen LogP) is 5.74. The molecule has 0 unspecified atom stereocenters. The van der Waals surface area contributed by atoms with E-state index in [2.05, 4.69) is 27.6 Å². The average molecular weight is 559 g/mol. The van der Waals surface area contributed by atoms with Crippen LogP contribution in [-0.4, -0.2) is 42.1 Å². The van der Waals surface area contributed by atoms with Crippen molar-refractivity contribution in [3.63, 3.8) is 0 Å². The van der Waals surface area contributed by atoms with Crippen LogP contribution in [0, 0.1) is 11.3 Å². The molecule has 3 atom stereocenters. The van der Waals surface area contributed by atoms with Crippen LogP contribution in [0.1, 0.15) is 20.3 Å². The number of nitrogens with zero attached hydrogens (tertiary/aromatic N) is 1. The van der Waals surface area contributed by atoms with Gasteiger partial charge < -0.3 is 9.47 Å². The fourth-order valence-electron chi connectivity index (χ4n) is 1.98. The second-order valence-electron chi connectivity index (χ2n) is 5.35. The number of aliphatic imine (C=N–C) groups is 1. The Hall–Kier alpha value is 1.41. The Balaban J connectivity index is 3.11. The SMILES string of the molecule is CC(C)C[C@@H]1OC(C(Cl)(Cl)Cl)=N[C@@H](CI)[C@H]1OC(=N)C(Cl)(Cl)Cl. The van der Waals surface area contributed by atoms with Gasteiger partial charge in [0.25, 0.3) is 7.59 Å². The maximum absolute atomic E-state index is 7.78. The number of ether oxygens (including phenoxy) is 2. The first kappa shape index (κ1) is 22.5. The molecule has 1 rings (SSSR count). The number of alkyl halides is 7. The van der Waals surface area contributed by atoms with E-state index in [1.807, 2.05) is 13.8 Å². The first-order chi connectivity index (χ1) is 10.4. The van der Waals surface area contributed by atoms with Crippen LogP contribution in [-0.2, 0) is 9.47 Å². The van der Waals surface area contributed by atoms with Gasteiger partial charge in [-0.25, -0.2) is 4.99 Å². The summed E-state index contributed by atoms with van der Waals surface area (Å²) in [5, 5.41) is 7.78. The van der Waals surface area contributed by atoms with Gasteiger partial charge in [0.2, 0.25) is 11.8 Å². The predicted molar refractivity (Wildman–Crippen MR) is 108 cm³/mol. The molecule has 0 fully saturated rings. The molecule has 23 heavy (non-hydrogen) atoms. The zero-order valence-corrected chi connectivity index (χ0v) is 18.8. The summed E-state index contributed by atoms with van der Waals surface area (Å²) in [5.74, 6) is -0.208. The Morgan fingerprint density at radius 2 is 1.87 bits per heavy atom. The molecular formula is C12H15Cl6IN2O2. The van der Waals surface area contributed by atoms with Crippen LogP contribution in [0.2, 0.25) is 0 Å². The van der Waals surface area contributed by atoms with Gasteiger partial charge in [-0.15, -0.1) is 0 Å². The summed E-state index contributed by atoms with van der Waals surface area (Å²) in [4.78, 5) is 4.29. The molecule has 0 radical (unpaired) electrons. The van der Waals surface area contributed by atoms with Crippen LogP contribution in [0.4, 0.5) is 0 Å². The quantitative estimate of drug-likeness (QED) is 0.207. The van der Waals surface area contributed by atoms with Gasteiger partial charge >= 0.3 is 0 Å². The van der Waals surface area contributed by atoms with Gasteiger partial charge in [-0.1, -0.05) is 106 Å². The van der Waals surface area contributed by atoms with Crippen LogP contribution in [0.5, 0.6) is 0 Å². The van der Waals surface area contributed by atoms with E-state index >= 15 is 0 Å². The molecule has 1 aliphatic rings. The number of hydrogen-bond acceptors (Lipinski definition) is 4. The lowest BCUT2D eigenvalue weighted by atomic mass is 9.97. The highest BCUT2D eigenvalue weighted by atomic mass is 127. The second kappa shape index (κ2) is 8.87. The van der Waals surface area contributed by atoms with Crippen LogP contribution >= 0.6 is 92.2 Å². The lowest BCUT2D eigenvalue weighted by Crippen LogP contribution is -2.51. The number of halogens is 7. The Morgan fingerprint density at radius 3 is 2.26 bits per heavy atom. The molecule has 0 saturated carbocycles. The van der Waals surface area contributed by atoms with E-state index in [9.17, 15) is 0 Å². The summed E-state index contributed by atoms with van der Waals surface area (Å²) in [5.41, 5.74) is 0. The summed E-state index contributed by atoms with van der Waals surface area (Å²) in [6.07, 6.45) is -0.496. The zero-order valence-electron chi connectivity index (χ0n) is 12.1. The van der Waals surface area contributed by atoms with E-state index in [0.29, 0.717) is 10.8 Å². The molecule has 11 heteroatoms.